The van der Waals surface area contributed by atoms with Crippen molar-refractivity contribution in [3.05, 3.63) is 65.7 Å². The lowest BCUT2D eigenvalue weighted by atomic mass is 9.87. The molecule has 0 aliphatic carbocycles. The number of hydrogen-bond donors (Lipinski definition) is 1. The third-order valence-electron chi connectivity index (χ3n) is 5.79. The quantitative estimate of drug-likeness (QED) is 0.391. The normalized spacial score (nSPS) is 15.7. The topological polar surface area (TPSA) is 83.5 Å². The average Bonchev–Trinajstić information content (AvgIpc) is 2.85. The van der Waals surface area contributed by atoms with Gasteiger partial charge in [-0.15, -0.1) is 0 Å². The fraction of sp³-hybridized carbons (Fsp3) is 0.519. The molecule has 7 heteroatoms. The number of rotatable bonds is 15. The predicted octanol–water partition coefficient (Wildman–Crippen LogP) is 4.01. The Hall–Kier alpha value is -2.45. The molecule has 0 aromatic heterocycles. The van der Waals surface area contributed by atoms with E-state index in [9.17, 15) is 9.90 Å². The first-order valence-electron chi connectivity index (χ1n) is 11.6. The number of carbonyl (C=O) groups excluding carboxylic acids is 1. The standard InChI is InChI=1S/C27H38O7/c1-6-33-27(29)26(31-5)24(28)20(3)25(34-18-22-12-14-23(30-4)15-13-22)19(2)16-32-17-21-10-8-7-9-11-21/h7-15,19-20,24-26,28H,6,16-18H2,1-5H3/t19-,20-,24-,25-,26+/m0/s1. The van der Waals surface area contributed by atoms with E-state index in [1.54, 1.807) is 14.0 Å². The van der Waals surface area contributed by atoms with E-state index < -0.39 is 30.2 Å². The van der Waals surface area contributed by atoms with Crippen LogP contribution in [-0.4, -0.2) is 56.8 Å². The number of ether oxygens (including phenoxy) is 5. The Morgan fingerprint density at radius 2 is 1.59 bits per heavy atom. The van der Waals surface area contributed by atoms with E-state index in [0.29, 0.717) is 19.8 Å². The Balaban J connectivity index is 2.10. The van der Waals surface area contributed by atoms with E-state index in [4.69, 9.17) is 23.7 Å². The van der Waals surface area contributed by atoms with E-state index in [1.165, 1.54) is 7.11 Å². The van der Waals surface area contributed by atoms with Gasteiger partial charge >= 0.3 is 5.97 Å². The number of aliphatic hydroxyl groups is 1. The lowest BCUT2D eigenvalue weighted by molar-refractivity contribution is -0.169. The molecule has 5 atom stereocenters. The minimum atomic E-state index is -1.11. The van der Waals surface area contributed by atoms with Crippen molar-refractivity contribution in [1.82, 2.24) is 0 Å². The minimum Gasteiger partial charge on any atom is -0.497 e. The van der Waals surface area contributed by atoms with Crippen LogP contribution in [0.3, 0.4) is 0 Å². The third kappa shape index (κ3) is 8.40. The Labute approximate surface area is 202 Å². The molecule has 0 heterocycles. The van der Waals surface area contributed by atoms with Gasteiger partial charge < -0.3 is 28.8 Å². The van der Waals surface area contributed by atoms with Crippen LogP contribution >= 0.6 is 0 Å². The number of esters is 1. The van der Waals surface area contributed by atoms with Gasteiger partial charge in [-0.25, -0.2) is 4.79 Å². The molecular formula is C27H38O7. The molecule has 0 bridgehead atoms. The molecular weight excluding hydrogens is 436 g/mol. The second-order valence-corrected chi connectivity index (χ2v) is 8.36. The number of carbonyl (C=O) groups is 1. The molecule has 0 aliphatic rings. The minimum absolute atomic E-state index is 0.0636. The highest BCUT2D eigenvalue weighted by Gasteiger charge is 2.38. The monoisotopic (exact) mass is 474 g/mol. The molecule has 0 spiro atoms. The van der Waals surface area contributed by atoms with E-state index in [0.717, 1.165) is 16.9 Å². The largest absolute Gasteiger partial charge is 0.497 e. The van der Waals surface area contributed by atoms with Gasteiger partial charge in [0.25, 0.3) is 0 Å². The maximum absolute atomic E-state index is 12.3. The van der Waals surface area contributed by atoms with Crippen molar-refractivity contribution in [3.63, 3.8) is 0 Å². The first-order chi connectivity index (χ1) is 16.4. The molecule has 0 aliphatic heterocycles. The van der Waals surface area contributed by atoms with Crippen molar-refractivity contribution in [1.29, 1.82) is 0 Å². The summed E-state index contributed by atoms with van der Waals surface area (Å²) in [6.07, 6.45) is -2.61. The molecule has 0 fully saturated rings. The summed E-state index contributed by atoms with van der Waals surface area (Å²) in [5, 5.41) is 11.0. The van der Waals surface area contributed by atoms with Crippen LogP contribution in [0.25, 0.3) is 0 Å². The summed E-state index contributed by atoms with van der Waals surface area (Å²) in [5.41, 5.74) is 2.05. The van der Waals surface area contributed by atoms with E-state index in [1.807, 2.05) is 68.4 Å². The predicted molar refractivity (Wildman–Crippen MR) is 129 cm³/mol. The summed E-state index contributed by atoms with van der Waals surface area (Å²) in [6.45, 7) is 7.04. The van der Waals surface area contributed by atoms with Crippen LogP contribution < -0.4 is 4.74 Å². The lowest BCUT2D eigenvalue weighted by Gasteiger charge is -2.34. The highest BCUT2D eigenvalue weighted by Crippen LogP contribution is 2.26. The fourth-order valence-corrected chi connectivity index (χ4v) is 3.85. The Bertz CT molecular complexity index is 825. The SMILES string of the molecule is CCOC(=O)[C@H](OC)[C@@H](O)[C@H](C)[C@@H](OCc1ccc(OC)cc1)[C@@H](C)COCc1ccccc1. The summed E-state index contributed by atoms with van der Waals surface area (Å²) in [5.74, 6) is -0.315. The van der Waals surface area contributed by atoms with Gasteiger partial charge in [0, 0.05) is 18.9 Å². The first-order valence-corrected chi connectivity index (χ1v) is 11.6. The fourth-order valence-electron chi connectivity index (χ4n) is 3.85. The van der Waals surface area contributed by atoms with Crippen LogP contribution in [0.2, 0.25) is 0 Å². The van der Waals surface area contributed by atoms with Gasteiger partial charge in [-0.3, -0.25) is 0 Å². The second kappa shape index (κ2) is 14.7. The van der Waals surface area contributed by atoms with Crippen molar-refractivity contribution < 1.29 is 33.6 Å². The van der Waals surface area contributed by atoms with Gasteiger partial charge in [0.2, 0.25) is 0 Å². The maximum Gasteiger partial charge on any atom is 0.337 e. The summed E-state index contributed by atoms with van der Waals surface area (Å²) in [7, 11) is 3.01. The molecule has 2 aromatic rings. The molecule has 0 saturated carbocycles. The highest BCUT2D eigenvalue weighted by molar-refractivity contribution is 5.75. The van der Waals surface area contributed by atoms with Crippen LogP contribution in [-0.2, 0) is 37.0 Å². The van der Waals surface area contributed by atoms with E-state index in [-0.39, 0.29) is 12.5 Å². The van der Waals surface area contributed by atoms with Crippen LogP contribution in [0, 0.1) is 11.8 Å². The van der Waals surface area contributed by atoms with E-state index in [2.05, 4.69) is 0 Å². The smallest absolute Gasteiger partial charge is 0.337 e. The molecule has 0 unspecified atom stereocenters. The Morgan fingerprint density at radius 3 is 2.18 bits per heavy atom. The Morgan fingerprint density at radius 1 is 0.941 bits per heavy atom. The number of benzene rings is 2. The summed E-state index contributed by atoms with van der Waals surface area (Å²) in [6, 6.07) is 17.6. The molecule has 1 N–H and O–H groups in total. The second-order valence-electron chi connectivity index (χ2n) is 8.36. The molecule has 2 aromatic carbocycles. The van der Waals surface area contributed by atoms with Crippen molar-refractivity contribution in [2.24, 2.45) is 11.8 Å². The van der Waals surface area contributed by atoms with Crippen molar-refractivity contribution in [3.8, 4) is 5.75 Å². The number of methoxy groups -OCH3 is 2. The van der Waals surface area contributed by atoms with Crippen molar-refractivity contribution in [2.45, 2.75) is 52.3 Å². The van der Waals surface area contributed by atoms with Gasteiger partial charge in [0.05, 0.1) is 45.7 Å². The molecule has 0 amide bonds. The molecule has 7 nitrogen and oxygen atoms in total. The van der Waals surface area contributed by atoms with Gasteiger partial charge in [0.15, 0.2) is 6.10 Å². The van der Waals surface area contributed by atoms with Crippen molar-refractivity contribution in [2.75, 3.05) is 27.4 Å². The zero-order chi connectivity index (χ0) is 24.9. The zero-order valence-electron chi connectivity index (χ0n) is 20.8. The van der Waals surface area contributed by atoms with Gasteiger partial charge in [-0.1, -0.05) is 56.3 Å². The summed E-state index contributed by atoms with van der Waals surface area (Å²) >= 11 is 0. The Kier molecular flexibility index (Phi) is 12.0. The summed E-state index contributed by atoms with van der Waals surface area (Å²) < 4.78 is 27.8. The van der Waals surface area contributed by atoms with Crippen LogP contribution in [0.5, 0.6) is 5.75 Å². The molecule has 2 rings (SSSR count). The zero-order valence-corrected chi connectivity index (χ0v) is 20.8. The molecule has 34 heavy (non-hydrogen) atoms. The van der Waals surface area contributed by atoms with Crippen LogP contribution in [0.15, 0.2) is 54.6 Å². The van der Waals surface area contributed by atoms with Crippen molar-refractivity contribution >= 4 is 5.97 Å². The van der Waals surface area contributed by atoms with Gasteiger partial charge in [-0.2, -0.15) is 0 Å². The molecule has 0 radical (unpaired) electrons. The summed E-state index contributed by atoms with van der Waals surface area (Å²) in [4.78, 5) is 12.3. The van der Waals surface area contributed by atoms with Crippen LogP contribution in [0.4, 0.5) is 0 Å². The first kappa shape index (κ1) is 27.8. The number of aliphatic hydroxyl groups excluding tert-OH is 1. The van der Waals surface area contributed by atoms with E-state index >= 15 is 0 Å². The van der Waals surface area contributed by atoms with Gasteiger partial charge in [0.1, 0.15) is 5.75 Å². The lowest BCUT2D eigenvalue weighted by Crippen LogP contribution is -2.47. The highest BCUT2D eigenvalue weighted by atomic mass is 16.6. The number of hydrogen-bond acceptors (Lipinski definition) is 7. The maximum atomic E-state index is 12.3. The molecule has 188 valence electrons. The van der Waals surface area contributed by atoms with Crippen LogP contribution in [0.1, 0.15) is 31.9 Å². The molecule has 0 saturated heterocycles. The van der Waals surface area contributed by atoms with Gasteiger partial charge in [-0.05, 0) is 30.2 Å². The third-order valence-corrected chi connectivity index (χ3v) is 5.79. The average molecular weight is 475 g/mol.